The molecule has 1 heterocycles. The van der Waals surface area contributed by atoms with Crippen molar-refractivity contribution >= 4 is 39.9 Å². The zero-order chi connectivity index (χ0) is 21.1. The molecule has 5 heteroatoms. The van der Waals surface area contributed by atoms with Gasteiger partial charge in [0.15, 0.2) is 0 Å². The maximum atomic E-state index is 13.0. The molecule has 0 bridgehead atoms. The monoisotopic (exact) mass is 420 g/mol. The van der Waals surface area contributed by atoms with E-state index in [0.717, 1.165) is 34.7 Å². The van der Waals surface area contributed by atoms with Gasteiger partial charge in [0.25, 0.3) is 0 Å². The summed E-state index contributed by atoms with van der Waals surface area (Å²) in [6.45, 7) is 3.08. The van der Waals surface area contributed by atoms with E-state index in [-0.39, 0.29) is 17.7 Å². The number of nitrogens with zero attached hydrogens (tertiary/aromatic N) is 1. The maximum Gasteiger partial charge on any atom is 0.229 e. The van der Waals surface area contributed by atoms with Gasteiger partial charge < -0.3 is 10.2 Å². The number of likely N-dealkylation sites (tertiary alicyclic amines) is 1. The molecule has 1 aliphatic rings. The molecule has 0 aromatic heterocycles. The summed E-state index contributed by atoms with van der Waals surface area (Å²) in [6.07, 6.45) is 1.96. The van der Waals surface area contributed by atoms with E-state index >= 15 is 0 Å². The number of benzene rings is 3. The van der Waals surface area contributed by atoms with Gasteiger partial charge in [-0.1, -0.05) is 60.1 Å². The lowest BCUT2D eigenvalue weighted by Gasteiger charge is -2.32. The van der Waals surface area contributed by atoms with E-state index in [1.54, 1.807) is 6.07 Å². The largest absolute Gasteiger partial charge is 0.342 e. The number of hydrogen-bond donors (Lipinski definition) is 1. The Bertz CT molecular complexity index is 1090. The quantitative estimate of drug-likeness (QED) is 0.628. The van der Waals surface area contributed by atoms with Crippen molar-refractivity contribution in [3.8, 4) is 0 Å². The van der Waals surface area contributed by atoms with E-state index < -0.39 is 0 Å². The second-order valence-electron chi connectivity index (χ2n) is 7.95. The summed E-state index contributed by atoms with van der Waals surface area (Å²) >= 11 is 6.16. The molecule has 1 saturated heterocycles. The molecule has 1 aliphatic heterocycles. The molecule has 4 rings (SSSR count). The Kier molecular flexibility index (Phi) is 6.05. The smallest absolute Gasteiger partial charge is 0.229 e. The molecular formula is C25H25ClN2O2. The number of hydrogen-bond acceptors (Lipinski definition) is 2. The first-order chi connectivity index (χ1) is 14.5. The van der Waals surface area contributed by atoms with Crippen LogP contribution in [0, 0.1) is 12.8 Å². The van der Waals surface area contributed by atoms with Crippen molar-refractivity contribution in [2.24, 2.45) is 5.92 Å². The molecule has 0 aliphatic carbocycles. The van der Waals surface area contributed by atoms with Crippen molar-refractivity contribution in [3.63, 3.8) is 0 Å². The summed E-state index contributed by atoms with van der Waals surface area (Å²) in [5.74, 6) is -0.199. The highest BCUT2D eigenvalue weighted by atomic mass is 35.5. The van der Waals surface area contributed by atoms with E-state index in [9.17, 15) is 9.59 Å². The molecule has 3 aromatic carbocycles. The minimum absolute atomic E-state index is 0.0578. The zero-order valence-electron chi connectivity index (χ0n) is 17.0. The van der Waals surface area contributed by atoms with Crippen molar-refractivity contribution in [3.05, 3.63) is 76.8 Å². The fraction of sp³-hybridized carbons (Fsp3) is 0.280. The van der Waals surface area contributed by atoms with Crippen LogP contribution in [0.2, 0.25) is 5.02 Å². The number of carbonyl (C=O) groups is 2. The average Bonchev–Trinajstić information content (AvgIpc) is 2.76. The number of nitrogens with one attached hydrogen (secondary N) is 1. The Labute approximate surface area is 181 Å². The molecule has 0 saturated carbocycles. The normalized spacial score (nSPS) is 16.5. The van der Waals surface area contributed by atoms with Gasteiger partial charge in [-0.2, -0.15) is 0 Å². The van der Waals surface area contributed by atoms with Gasteiger partial charge in [0.1, 0.15) is 0 Å². The molecule has 154 valence electrons. The van der Waals surface area contributed by atoms with Crippen LogP contribution in [0.25, 0.3) is 10.8 Å². The summed E-state index contributed by atoms with van der Waals surface area (Å²) in [7, 11) is 0. The van der Waals surface area contributed by atoms with Crippen LogP contribution < -0.4 is 5.32 Å². The Morgan fingerprint density at radius 1 is 1.10 bits per heavy atom. The minimum Gasteiger partial charge on any atom is -0.342 e. The second-order valence-corrected chi connectivity index (χ2v) is 8.35. The molecule has 0 unspecified atom stereocenters. The SMILES string of the molecule is Cc1ccc(NC(=O)[C@H]2CCCN(C(=O)Cc3cccc4ccccc34)C2)cc1Cl. The van der Waals surface area contributed by atoms with E-state index in [0.29, 0.717) is 30.2 Å². The van der Waals surface area contributed by atoms with E-state index in [1.807, 2.05) is 48.2 Å². The van der Waals surface area contributed by atoms with Crippen molar-refractivity contribution in [2.75, 3.05) is 18.4 Å². The van der Waals surface area contributed by atoms with Crippen LogP contribution in [0.1, 0.15) is 24.0 Å². The van der Waals surface area contributed by atoms with Gasteiger partial charge in [-0.15, -0.1) is 0 Å². The predicted molar refractivity (Wildman–Crippen MR) is 122 cm³/mol. The summed E-state index contributed by atoms with van der Waals surface area (Å²) < 4.78 is 0. The van der Waals surface area contributed by atoms with Crippen molar-refractivity contribution in [1.82, 2.24) is 4.90 Å². The Morgan fingerprint density at radius 3 is 2.73 bits per heavy atom. The van der Waals surface area contributed by atoms with Crippen LogP contribution in [0.3, 0.4) is 0 Å². The molecule has 0 radical (unpaired) electrons. The van der Waals surface area contributed by atoms with Crippen LogP contribution in [-0.4, -0.2) is 29.8 Å². The first kappa shape index (κ1) is 20.4. The van der Waals surface area contributed by atoms with Crippen LogP contribution in [0.5, 0.6) is 0 Å². The topological polar surface area (TPSA) is 49.4 Å². The Morgan fingerprint density at radius 2 is 1.90 bits per heavy atom. The number of piperidine rings is 1. The molecule has 1 atom stereocenters. The van der Waals surface area contributed by atoms with E-state index in [2.05, 4.69) is 23.5 Å². The highest BCUT2D eigenvalue weighted by Gasteiger charge is 2.28. The molecule has 30 heavy (non-hydrogen) atoms. The van der Waals surface area contributed by atoms with Gasteiger partial charge in [-0.3, -0.25) is 9.59 Å². The third-order valence-electron chi connectivity index (χ3n) is 5.81. The van der Waals surface area contributed by atoms with E-state index in [1.165, 1.54) is 0 Å². The molecule has 1 N–H and O–H groups in total. The standard InChI is InChI=1S/C25H25ClN2O2/c1-17-11-12-21(15-23(17)26)27-25(30)20-9-5-13-28(16-20)24(29)14-19-8-4-7-18-6-2-3-10-22(18)19/h2-4,6-8,10-12,15,20H,5,9,13-14,16H2,1H3,(H,27,30)/t20-/m0/s1. The Balaban J connectivity index is 1.42. The third-order valence-corrected chi connectivity index (χ3v) is 6.21. The molecule has 1 fully saturated rings. The predicted octanol–water partition coefficient (Wildman–Crippen LogP) is 5.22. The first-order valence-electron chi connectivity index (χ1n) is 10.3. The number of carbonyl (C=O) groups excluding carboxylic acids is 2. The van der Waals surface area contributed by atoms with Crippen molar-refractivity contribution in [1.29, 1.82) is 0 Å². The fourth-order valence-electron chi connectivity index (χ4n) is 4.05. The van der Waals surface area contributed by atoms with Gasteiger partial charge >= 0.3 is 0 Å². The minimum atomic E-state index is -0.213. The molecular weight excluding hydrogens is 396 g/mol. The summed E-state index contributed by atoms with van der Waals surface area (Å²) in [5.41, 5.74) is 2.69. The van der Waals surface area contributed by atoms with Crippen LogP contribution >= 0.6 is 11.6 Å². The highest BCUT2D eigenvalue weighted by molar-refractivity contribution is 6.31. The van der Waals surface area contributed by atoms with Gasteiger partial charge in [-0.25, -0.2) is 0 Å². The van der Waals surface area contributed by atoms with Crippen LogP contribution in [0.15, 0.2) is 60.7 Å². The maximum absolute atomic E-state index is 13.0. The number of rotatable bonds is 4. The Hall–Kier alpha value is -2.85. The lowest BCUT2D eigenvalue weighted by Crippen LogP contribution is -2.44. The van der Waals surface area contributed by atoms with Gasteiger partial charge in [0, 0.05) is 23.8 Å². The molecule has 3 aromatic rings. The fourth-order valence-corrected chi connectivity index (χ4v) is 4.23. The number of amides is 2. The molecule has 4 nitrogen and oxygen atoms in total. The summed E-state index contributed by atoms with van der Waals surface area (Å²) in [4.78, 5) is 27.6. The number of aryl methyl sites for hydroxylation is 1. The van der Waals surface area contributed by atoms with Crippen molar-refractivity contribution < 1.29 is 9.59 Å². The summed E-state index contributed by atoms with van der Waals surface area (Å²) in [5, 5.41) is 5.82. The second kappa shape index (κ2) is 8.88. The van der Waals surface area contributed by atoms with Crippen LogP contribution in [-0.2, 0) is 16.0 Å². The van der Waals surface area contributed by atoms with Gasteiger partial charge in [0.2, 0.25) is 11.8 Å². The van der Waals surface area contributed by atoms with Gasteiger partial charge in [0.05, 0.1) is 12.3 Å². The number of halogens is 1. The lowest BCUT2D eigenvalue weighted by molar-refractivity contribution is -0.133. The molecule has 2 amide bonds. The highest BCUT2D eigenvalue weighted by Crippen LogP contribution is 2.24. The van der Waals surface area contributed by atoms with Crippen molar-refractivity contribution in [2.45, 2.75) is 26.2 Å². The zero-order valence-corrected chi connectivity index (χ0v) is 17.8. The first-order valence-corrected chi connectivity index (χ1v) is 10.7. The van der Waals surface area contributed by atoms with Gasteiger partial charge in [-0.05, 0) is 53.8 Å². The van der Waals surface area contributed by atoms with E-state index in [4.69, 9.17) is 11.6 Å². The summed E-state index contributed by atoms with van der Waals surface area (Å²) in [6, 6.07) is 19.7. The van der Waals surface area contributed by atoms with Crippen LogP contribution in [0.4, 0.5) is 5.69 Å². The third kappa shape index (κ3) is 4.49. The average molecular weight is 421 g/mol. The number of fused-ring (bicyclic) bond motifs is 1. The lowest BCUT2D eigenvalue weighted by atomic mass is 9.95. The number of anilines is 1. The molecule has 0 spiro atoms.